The summed E-state index contributed by atoms with van der Waals surface area (Å²) in [5.41, 5.74) is 2.02. The summed E-state index contributed by atoms with van der Waals surface area (Å²) in [4.78, 5) is 28.0. The lowest BCUT2D eigenvalue weighted by Gasteiger charge is -2.35. The second kappa shape index (κ2) is 12.3. The first-order valence-corrected chi connectivity index (χ1v) is 12.8. The van der Waals surface area contributed by atoms with Gasteiger partial charge >= 0.3 is 0 Å². The smallest absolute Gasteiger partial charge is 0.223 e. The minimum absolute atomic E-state index is 0.177. The van der Waals surface area contributed by atoms with Gasteiger partial charge in [-0.05, 0) is 86.6 Å². The molecule has 7 nitrogen and oxygen atoms in total. The van der Waals surface area contributed by atoms with Crippen LogP contribution in [0.2, 0.25) is 0 Å². The average molecular weight is 501 g/mol. The van der Waals surface area contributed by atoms with Crippen molar-refractivity contribution >= 4 is 17.3 Å². The Morgan fingerprint density at radius 2 is 1.78 bits per heavy atom. The quantitative estimate of drug-likeness (QED) is 0.465. The molecule has 9 heteroatoms. The highest BCUT2D eigenvalue weighted by molar-refractivity contribution is 5.76. The molecule has 2 saturated heterocycles. The third-order valence-electron chi connectivity index (χ3n) is 7.22. The Hall–Kier alpha value is -3.07. The van der Waals surface area contributed by atoms with Gasteiger partial charge in [-0.25, -0.2) is 8.78 Å². The van der Waals surface area contributed by atoms with E-state index in [1.165, 1.54) is 12.1 Å². The van der Waals surface area contributed by atoms with Crippen LogP contribution in [0.15, 0.2) is 41.6 Å². The second-order valence-corrected chi connectivity index (χ2v) is 9.55. The van der Waals surface area contributed by atoms with Gasteiger partial charge in [0.15, 0.2) is 17.4 Å². The van der Waals surface area contributed by atoms with Gasteiger partial charge in [0.1, 0.15) is 5.69 Å². The summed E-state index contributed by atoms with van der Waals surface area (Å²) in [6, 6.07) is 9.71. The number of hydrogen-bond acceptors (Lipinski definition) is 6. The van der Waals surface area contributed by atoms with Crippen LogP contribution in [0.4, 0.5) is 20.2 Å². The number of halogens is 2. The zero-order chi connectivity index (χ0) is 25.5. The van der Waals surface area contributed by atoms with E-state index in [0.29, 0.717) is 31.9 Å². The third kappa shape index (κ3) is 6.57. The summed E-state index contributed by atoms with van der Waals surface area (Å²) >= 11 is 0. The number of amides is 1. The van der Waals surface area contributed by atoms with Crippen LogP contribution in [0, 0.1) is 16.5 Å². The second-order valence-electron chi connectivity index (χ2n) is 9.55. The molecular formula is C27H34F2N4O3. The van der Waals surface area contributed by atoms with Crippen LogP contribution in [-0.2, 0) is 4.79 Å². The topological polar surface area (TPSA) is 74.2 Å². The van der Waals surface area contributed by atoms with Crippen molar-refractivity contribution in [2.24, 2.45) is 5.18 Å². The number of rotatable bonds is 9. The van der Waals surface area contributed by atoms with Gasteiger partial charge < -0.3 is 19.9 Å². The van der Waals surface area contributed by atoms with E-state index in [0.717, 1.165) is 56.6 Å². The number of likely N-dealkylation sites (tertiary alicyclic amines) is 2. The van der Waals surface area contributed by atoms with Crippen molar-refractivity contribution < 1.29 is 18.3 Å². The number of carbonyl (C=O) groups is 1. The Bertz CT molecular complexity index is 1050. The highest BCUT2D eigenvalue weighted by Gasteiger charge is 2.25. The molecule has 0 saturated carbocycles. The van der Waals surface area contributed by atoms with E-state index in [4.69, 9.17) is 4.74 Å². The van der Waals surface area contributed by atoms with Crippen molar-refractivity contribution in [1.29, 1.82) is 0 Å². The number of hydrogen-bond donors (Lipinski definition) is 1. The Balaban J connectivity index is 1.17. The van der Waals surface area contributed by atoms with Crippen LogP contribution in [0.25, 0.3) is 0 Å². The van der Waals surface area contributed by atoms with Crippen LogP contribution >= 0.6 is 0 Å². The molecule has 2 aromatic rings. The molecule has 0 aromatic heterocycles. The zero-order valence-electron chi connectivity index (χ0n) is 20.7. The predicted octanol–water partition coefficient (Wildman–Crippen LogP) is 5.43. The molecule has 0 spiro atoms. The van der Waals surface area contributed by atoms with Gasteiger partial charge in [0.05, 0.1) is 6.61 Å². The fraction of sp³-hybridized carbons (Fsp3) is 0.519. The molecule has 1 N–H and O–H groups in total. The third-order valence-corrected chi connectivity index (χ3v) is 7.22. The number of piperidine rings is 2. The molecule has 0 radical (unpaired) electrons. The summed E-state index contributed by atoms with van der Waals surface area (Å²) in [7, 11) is 0. The van der Waals surface area contributed by atoms with Crippen molar-refractivity contribution in [3.05, 3.63) is 58.5 Å². The van der Waals surface area contributed by atoms with Gasteiger partial charge in [-0.2, -0.15) is 0 Å². The fourth-order valence-electron chi connectivity index (χ4n) is 5.13. The van der Waals surface area contributed by atoms with E-state index in [1.807, 2.05) is 17.9 Å². The zero-order valence-corrected chi connectivity index (χ0v) is 20.7. The van der Waals surface area contributed by atoms with Crippen LogP contribution in [0.3, 0.4) is 0 Å². The van der Waals surface area contributed by atoms with E-state index < -0.39 is 11.6 Å². The SMILES string of the molecule is CCOc1cc(NC2CCN(C(=O)CCN3CCC(c4ccc(F)c(F)c4)CC3)CC2)ccc1N=O. The molecule has 194 valence electrons. The summed E-state index contributed by atoms with van der Waals surface area (Å²) < 4.78 is 32.3. The Morgan fingerprint density at radius 1 is 1.03 bits per heavy atom. The fourth-order valence-corrected chi connectivity index (χ4v) is 5.13. The minimum Gasteiger partial charge on any atom is -0.491 e. The number of anilines is 1. The van der Waals surface area contributed by atoms with Crippen LogP contribution in [0.1, 0.15) is 50.5 Å². The van der Waals surface area contributed by atoms with Crippen molar-refractivity contribution in [3.8, 4) is 5.75 Å². The molecule has 1 amide bonds. The molecule has 36 heavy (non-hydrogen) atoms. The van der Waals surface area contributed by atoms with E-state index in [-0.39, 0.29) is 23.6 Å². The number of carbonyl (C=O) groups excluding carboxylic acids is 1. The largest absolute Gasteiger partial charge is 0.491 e. The highest BCUT2D eigenvalue weighted by Crippen LogP contribution is 2.32. The van der Waals surface area contributed by atoms with Gasteiger partial charge in [-0.3, -0.25) is 4.79 Å². The van der Waals surface area contributed by atoms with Crippen molar-refractivity contribution in [2.75, 3.05) is 44.6 Å². The van der Waals surface area contributed by atoms with Gasteiger partial charge in [0.25, 0.3) is 0 Å². The Kier molecular flexibility index (Phi) is 8.85. The van der Waals surface area contributed by atoms with Crippen LogP contribution in [0.5, 0.6) is 5.75 Å². The van der Waals surface area contributed by atoms with Crippen molar-refractivity contribution in [3.63, 3.8) is 0 Å². The van der Waals surface area contributed by atoms with Gasteiger partial charge in [0, 0.05) is 43.9 Å². The molecule has 4 rings (SSSR count). The minimum atomic E-state index is -0.809. The number of nitrogens with one attached hydrogen (secondary N) is 1. The lowest BCUT2D eigenvalue weighted by molar-refractivity contribution is -0.132. The number of benzene rings is 2. The highest BCUT2D eigenvalue weighted by atomic mass is 19.2. The van der Waals surface area contributed by atoms with Crippen LogP contribution < -0.4 is 10.1 Å². The summed E-state index contributed by atoms with van der Waals surface area (Å²) in [6.07, 6.45) is 3.95. The Morgan fingerprint density at radius 3 is 2.44 bits per heavy atom. The maximum Gasteiger partial charge on any atom is 0.223 e. The van der Waals surface area contributed by atoms with Crippen molar-refractivity contribution in [1.82, 2.24) is 9.80 Å². The van der Waals surface area contributed by atoms with E-state index >= 15 is 0 Å². The van der Waals surface area contributed by atoms with E-state index in [1.54, 1.807) is 18.2 Å². The van der Waals surface area contributed by atoms with E-state index in [9.17, 15) is 18.5 Å². The van der Waals surface area contributed by atoms with Crippen molar-refractivity contribution in [2.45, 2.75) is 51.0 Å². The molecule has 2 aliphatic heterocycles. The average Bonchev–Trinajstić information content (AvgIpc) is 2.90. The lowest BCUT2D eigenvalue weighted by Crippen LogP contribution is -2.43. The van der Waals surface area contributed by atoms with Gasteiger partial charge in [-0.15, -0.1) is 4.91 Å². The monoisotopic (exact) mass is 500 g/mol. The molecule has 2 fully saturated rings. The number of nitrogens with zero attached hydrogens (tertiary/aromatic N) is 3. The molecule has 2 aromatic carbocycles. The standard InChI is InChI=1S/C27H34F2N4O3/c1-2-36-26-18-22(4-6-25(26)31-35)30-21-9-15-33(16-10-21)27(34)11-14-32-12-7-19(8-13-32)20-3-5-23(28)24(29)17-20/h3-6,17-19,21,30H,2,7-16H2,1H3. The summed E-state index contributed by atoms with van der Waals surface area (Å²) in [6.45, 7) is 6.16. The molecular weight excluding hydrogens is 466 g/mol. The molecule has 2 heterocycles. The van der Waals surface area contributed by atoms with Crippen LogP contribution in [-0.4, -0.2) is 61.1 Å². The molecule has 0 unspecified atom stereocenters. The Labute approximate surface area is 210 Å². The van der Waals surface area contributed by atoms with Gasteiger partial charge in [0.2, 0.25) is 5.91 Å². The number of ether oxygens (including phenoxy) is 1. The van der Waals surface area contributed by atoms with Gasteiger partial charge in [-0.1, -0.05) is 6.07 Å². The summed E-state index contributed by atoms with van der Waals surface area (Å²) in [5, 5.41) is 6.49. The first kappa shape index (κ1) is 26.0. The lowest BCUT2D eigenvalue weighted by atomic mass is 9.89. The predicted molar refractivity (Wildman–Crippen MR) is 136 cm³/mol. The molecule has 0 bridgehead atoms. The maximum atomic E-state index is 13.6. The maximum absolute atomic E-state index is 13.6. The van der Waals surface area contributed by atoms with E-state index in [2.05, 4.69) is 15.4 Å². The molecule has 0 atom stereocenters. The summed E-state index contributed by atoms with van der Waals surface area (Å²) in [5.74, 6) is -0.719. The number of nitroso groups, excluding NO2 is 1. The molecule has 2 aliphatic rings. The normalized spacial score (nSPS) is 17.7. The molecule has 0 aliphatic carbocycles. The first-order valence-electron chi connectivity index (χ1n) is 12.8. The first-order chi connectivity index (χ1) is 17.5.